The van der Waals surface area contributed by atoms with Gasteiger partial charge in [-0.2, -0.15) is 0 Å². The number of amides is 2. The topological polar surface area (TPSA) is 78.7 Å². The second kappa shape index (κ2) is 6.26. The van der Waals surface area contributed by atoms with Crippen LogP contribution in [0.3, 0.4) is 0 Å². The van der Waals surface area contributed by atoms with Crippen LogP contribution in [0.5, 0.6) is 0 Å². The third-order valence-corrected chi connectivity index (χ3v) is 3.34. The molecule has 7 nitrogen and oxygen atoms in total. The summed E-state index contributed by atoms with van der Waals surface area (Å²) >= 11 is 0. The molecule has 0 radical (unpaired) electrons. The van der Waals surface area contributed by atoms with Crippen molar-refractivity contribution in [2.24, 2.45) is 13.0 Å². The minimum atomic E-state index is -0.733. The molecule has 1 atom stereocenters. The summed E-state index contributed by atoms with van der Waals surface area (Å²) in [6.07, 6.45) is 2.41. The van der Waals surface area contributed by atoms with E-state index in [0.717, 1.165) is 0 Å². The molecule has 0 saturated carbocycles. The number of hydrogen-bond donors (Lipinski definition) is 1. The van der Waals surface area contributed by atoms with Crippen molar-refractivity contribution >= 4 is 11.8 Å². The fourth-order valence-electron chi connectivity index (χ4n) is 2.45. The van der Waals surface area contributed by atoms with Crippen LogP contribution in [0.4, 0.5) is 0 Å². The predicted octanol–water partition coefficient (Wildman–Crippen LogP) is -0.279. The van der Waals surface area contributed by atoms with Crippen LogP contribution < -0.4 is 0 Å². The van der Waals surface area contributed by atoms with E-state index in [1.165, 1.54) is 11.2 Å². The highest BCUT2D eigenvalue weighted by atomic mass is 16.3. The number of aliphatic hydroxyl groups is 1. The van der Waals surface area contributed by atoms with Crippen molar-refractivity contribution in [1.82, 2.24) is 19.4 Å². The number of aliphatic hydroxyl groups excluding tert-OH is 1. The van der Waals surface area contributed by atoms with Crippen molar-refractivity contribution in [3.05, 3.63) is 18.2 Å². The van der Waals surface area contributed by atoms with Gasteiger partial charge in [-0.1, -0.05) is 13.8 Å². The maximum absolute atomic E-state index is 12.4. The summed E-state index contributed by atoms with van der Waals surface area (Å²) in [6, 6.07) is 0. The van der Waals surface area contributed by atoms with Crippen molar-refractivity contribution in [2.45, 2.75) is 20.0 Å². The Morgan fingerprint density at radius 1 is 1.48 bits per heavy atom. The van der Waals surface area contributed by atoms with Crippen LogP contribution >= 0.6 is 0 Å². The molecule has 0 spiro atoms. The zero-order valence-electron chi connectivity index (χ0n) is 12.7. The Morgan fingerprint density at radius 2 is 2.19 bits per heavy atom. The minimum Gasteiger partial charge on any atom is -0.389 e. The number of aromatic nitrogens is 2. The Labute approximate surface area is 124 Å². The Kier molecular flexibility index (Phi) is 4.62. The minimum absolute atomic E-state index is 0.0147. The summed E-state index contributed by atoms with van der Waals surface area (Å²) in [5.74, 6) is -0.141. The number of carbonyl (C=O) groups excluding carboxylic acids is 2. The van der Waals surface area contributed by atoms with Gasteiger partial charge in [0, 0.05) is 32.9 Å². The van der Waals surface area contributed by atoms with Gasteiger partial charge in [0.25, 0.3) is 5.91 Å². The number of nitrogens with zero attached hydrogens (tertiary/aromatic N) is 4. The molecule has 0 aromatic carbocycles. The quantitative estimate of drug-likeness (QED) is 0.832. The molecule has 1 aliphatic rings. The highest BCUT2D eigenvalue weighted by Crippen LogP contribution is 2.11. The van der Waals surface area contributed by atoms with Crippen LogP contribution in [-0.2, 0) is 11.8 Å². The van der Waals surface area contributed by atoms with Crippen LogP contribution in [0, 0.1) is 5.92 Å². The number of rotatable bonds is 3. The van der Waals surface area contributed by atoms with E-state index in [1.54, 1.807) is 22.7 Å². The molecule has 7 heteroatoms. The van der Waals surface area contributed by atoms with Crippen molar-refractivity contribution in [1.29, 1.82) is 0 Å². The lowest BCUT2D eigenvalue weighted by Crippen LogP contribution is -2.40. The van der Waals surface area contributed by atoms with Gasteiger partial charge in [0.15, 0.2) is 0 Å². The van der Waals surface area contributed by atoms with E-state index in [9.17, 15) is 14.7 Å². The first-order chi connectivity index (χ1) is 9.86. The zero-order valence-corrected chi connectivity index (χ0v) is 12.7. The maximum Gasteiger partial charge on any atom is 0.274 e. The smallest absolute Gasteiger partial charge is 0.274 e. The molecule has 1 N–H and O–H groups in total. The molecule has 1 saturated heterocycles. The highest BCUT2D eigenvalue weighted by Gasteiger charge is 2.30. The number of β-amino-alcohol motifs (C(OH)–C–C–N with tert-alkyl or cyclic N) is 1. The molecule has 1 unspecified atom stereocenters. The van der Waals surface area contributed by atoms with Gasteiger partial charge in [-0.3, -0.25) is 9.59 Å². The Bertz CT molecular complexity index is 526. The van der Waals surface area contributed by atoms with Crippen LogP contribution in [0.1, 0.15) is 24.3 Å². The molecule has 116 valence electrons. The number of imidazole rings is 1. The molecule has 21 heavy (non-hydrogen) atoms. The third-order valence-electron chi connectivity index (χ3n) is 3.34. The van der Waals surface area contributed by atoms with Gasteiger partial charge in [-0.15, -0.1) is 0 Å². The van der Waals surface area contributed by atoms with Gasteiger partial charge in [0.1, 0.15) is 12.2 Å². The summed E-state index contributed by atoms with van der Waals surface area (Å²) in [7, 11) is 1.77. The molecule has 2 heterocycles. The predicted molar refractivity (Wildman–Crippen MR) is 76.5 cm³/mol. The standard InChI is InChI=1S/C14H22N4O3/c1-10(2)4-17-5-11(19)6-18(8-13(17)20)14(21)12-7-16(3)9-15-12/h7,9-11,19H,4-6,8H2,1-3H3. The Balaban J connectivity index is 2.11. The molecule has 1 aromatic heterocycles. The largest absolute Gasteiger partial charge is 0.389 e. The lowest BCUT2D eigenvalue weighted by Gasteiger charge is -2.23. The molecular weight excluding hydrogens is 272 g/mol. The second-order valence-electron chi connectivity index (χ2n) is 5.96. The van der Waals surface area contributed by atoms with E-state index in [4.69, 9.17) is 0 Å². The van der Waals surface area contributed by atoms with E-state index >= 15 is 0 Å². The van der Waals surface area contributed by atoms with Gasteiger partial charge < -0.3 is 19.5 Å². The average molecular weight is 294 g/mol. The highest BCUT2D eigenvalue weighted by molar-refractivity contribution is 5.95. The molecule has 2 rings (SSSR count). The SMILES string of the molecule is CC(C)CN1CC(O)CN(C(=O)c2cn(C)cn2)CC1=O. The fourth-order valence-corrected chi connectivity index (χ4v) is 2.45. The van der Waals surface area contributed by atoms with Crippen LogP contribution in [0.2, 0.25) is 0 Å². The van der Waals surface area contributed by atoms with Crippen LogP contribution in [0.25, 0.3) is 0 Å². The van der Waals surface area contributed by atoms with Gasteiger partial charge in [-0.05, 0) is 5.92 Å². The molecule has 1 aliphatic heterocycles. The van der Waals surface area contributed by atoms with E-state index in [1.807, 2.05) is 13.8 Å². The normalized spacial score (nSPS) is 20.0. The zero-order chi connectivity index (χ0) is 15.6. The van der Waals surface area contributed by atoms with E-state index in [-0.39, 0.29) is 37.1 Å². The van der Waals surface area contributed by atoms with Crippen molar-refractivity contribution in [2.75, 3.05) is 26.2 Å². The van der Waals surface area contributed by atoms with E-state index in [0.29, 0.717) is 12.5 Å². The average Bonchev–Trinajstić information content (AvgIpc) is 2.76. The van der Waals surface area contributed by atoms with E-state index in [2.05, 4.69) is 4.98 Å². The number of hydrogen-bond acceptors (Lipinski definition) is 4. The second-order valence-corrected chi connectivity index (χ2v) is 5.96. The van der Waals surface area contributed by atoms with Crippen molar-refractivity contribution in [3.8, 4) is 0 Å². The van der Waals surface area contributed by atoms with Crippen molar-refractivity contribution < 1.29 is 14.7 Å². The summed E-state index contributed by atoms with van der Waals surface area (Å²) in [4.78, 5) is 31.6. The third kappa shape index (κ3) is 3.81. The van der Waals surface area contributed by atoms with Gasteiger partial charge >= 0.3 is 0 Å². The molecule has 1 fully saturated rings. The molecule has 1 aromatic rings. The Morgan fingerprint density at radius 3 is 2.76 bits per heavy atom. The number of carbonyl (C=O) groups is 2. The lowest BCUT2D eigenvalue weighted by atomic mass is 10.2. The first kappa shape index (κ1) is 15.5. The molecular formula is C14H22N4O3. The fraction of sp³-hybridized carbons (Fsp3) is 0.643. The van der Waals surface area contributed by atoms with Gasteiger partial charge in [0.2, 0.25) is 5.91 Å². The van der Waals surface area contributed by atoms with Gasteiger partial charge in [-0.25, -0.2) is 4.98 Å². The lowest BCUT2D eigenvalue weighted by molar-refractivity contribution is -0.131. The van der Waals surface area contributed by atoms with Gasteiger partial charge in [0.05, 0.1) is 12.4 Å². The molecule has 0 bridgehead atoms. The monoisotopic (exact) mass is 294 g/mol. The van der Waals surface area contributed by atoms with E-state index < -0.39 is 6.10 Å². The summed E-state index contributed by atoms with van der Waals surface area (Å²) < 4.78 is 1.67. The van der Waals surface area contributed by atoms with Crippen LogP contribution in [-0.4, -0.2) is 68.6 Å². The van der Waals surface area contributed by atoms with Crippen LogP contribution in [0.15, 0.2) is 12.5 Å². The first-order valence-electron chi connectivity index (χ1n) is 7.10. The summed E-state index contributed by atoms with van der Waals surface area (Å²) in [5, 5.41) is 10.0. The first-order valence-corrected chi connectivity index (χ1v) is 7.10. The number of aryl methyl sites for hydroxylation is 1. The molecule has 0 aliphatic carbocycles. The summed E-state index contributed by atoms with van der Waals surface area (Å²) in [6.45, 7) is 5.02. The summed E-state index contributed by atoms with van der Waals surface area (Å²) in [5.41, 5.74) is 0.287. The molecule has 2 amide bonds. The Hall–Kier alpha value is -1.89. The van der Waals surface area contributed by atoms with Crippen molar-refractivity contribution in [3.63, 3.8) is 0 Å². The maximum atomic E-state index is 12.4.